The molecule has 32 valence electrons. The van der Waals surface area contributed by atoms with E-state index in [1.165, 1.54) is 0 Å². The summed E-state index contributed by atoms with van der Waals surface area (Å²) in [4.78, 5) is 0. The van der Waals surface area contributed by atoms with Crippen LogP contribution in [0.5, 0.6) is 0 Å². The van der Waals surface area contributed by atoms with Gasteiger partial charge in [-0.05, 0) is 0 Å². The number of nitrogens with two attached hydrogens (primary N) is 1. The van der Waals surface area contributed by atoms with Crippen molar-refractivity contribution in [3.8, 4) is 0 Å². The number of hydrogen-bond donors (Lipinski definition) is 2. The summed E-state index contributed by atoms with van der Waals surface area (Å²) >= 11 is 0. The van der Waals surface area contributed by atoms with Crippen molar-refractivity contribution in [2.24, 2.45) is 5.73 Å². The second-order valence-electron chi connectivity index (χ2n) is 0.670. The maximum atomic E-state index is 10.9. The molecule has 0 aliphatic heterocycles. The highest BCUT2D eigenvalue weighted by Crippen LogP contribution is 1.71. The molecular weight excluding hydrogens is 73.0 g/mol. The number of aliphatic hydroxyl groups is 1. The van der Waals surface area contributed by atoms with Gasteiger partial charge < -0.3 is 10.8 Å². The predicted molar refractivity (Wildman–Crippen MR) is 16.2 cm³/mol. The van der Waals surface area contributed by atoms with E-state index in [1.807, 2.05) is 0 Å². The van der Waals surface area contributed by atoms with Crippen LogP contribution >= 0.6 is 0 Å². The third-order valence-corrected chi connectivity index (χ3v) is 0.194. The first kappa shape index (κ1) is 4.85. The second kappa shape index (κ2) is 2.11. The first-order valence-corrected chi connectivity index (χ1v) is 1.29. The van der Waals surface area contributed by atoms with Gasteiger partial charge in [0.05, 0.1) is 0 Å². The van der Waals surface area contributed by atoms with Crippen molar-refractivity contribution in [3.63, 3.8) is 0 Å². The maximum Gasteiger partial charge on any atom is 0.208 e. The monoisotopic (exact) mass is 79.0 g/mol. The van der Waals surface area contributed by atoms with Crippen LogP contribution in [0.2, 0.25) is 0 Å². The number of halogens is 1. The van der Waals surface area contributed by atoms with Gasteiger partial charge in [0.15, 0.2) is 0 Å². The molecule has 0 spiro atoms. The van der Waals surface area contributed by atoms with Crippen LogP contribution in [-0.2, 0) is 0 Å². The summed E-state index contributed by atoms with van der Waals surface area (Å²) < 4.78 is 10.9. The Bertz CT molecular complexity index is 23.6. The molecule has 0 saturated heterocycles. The van der Waals surface area contributed by atoms with E-state index in [9.17, 15) is 4.39 Å². The molecular formula is C2H6FNO. The molecule has 0 aliphatic carbocycles. The van der Waals surface area contributed by atoms with E-state index in [0.29, 0.717) is 0 Å². The minimum Gasteiger partial charge on any atom is -0.363 e. The molecule has 3 N–H and O–H groups in total. The van der Waals surface area contributed by atoms with Crippen LogP contribution < -0.4 is 5.73 Å². The molecule has 0 amide bonds. The molecule has 0 heterocycles. The van der Waals surface area contributed by atoms with Crippen molar-refractivity contribution >= 4 is 0 Å². The Morgan fingerprint density at radius 2 is 2.20 bits per heavy atom. The largest absolute Gasteiger partial charge is 0.363 e. The Morgan fingerprint density at radius 1 is 2.00 bits per heavy atom. The van der Waals surface area contributed by atoms with Gasteiger partial charge in [0.1, 0.15) is 0 Å². The van der Waals surface area contributed by atoms with E-state index in [1.54, 1.807) is 0 Å². The molecule has 0 aromatic heterocycles. The Balaban J connectivity index is 2.54. The molecule has 0 bridgehead atoms. The number of aliphatic hydroxyl groups excluding tert-OH is 1. The lowest BCUT2D eigenvalue weighted by molar-refractivity contribution is 0.0508. The van der Waals surface area contributed by atoms with Crippen molar-refractivity contribution in [1.82, 2.24) is 0 Å². The quantitative estimate of drug-likeness (QED) is 0.433. The summed E-state index contributed by atoms with van der Waals surface area (Å²) in [7, 11) is 0. The van der Waals surface area contributed by atoms with Crippen LogP contribution in [0.15, 0.2) is 0 Å². The van der Waals surface area contributed by atoms with Gasteiger partial charge in [0, 0.05) is 6.54 Å². The lowest BCUT2D eigenvalue weighted by atomic mass is 10.7. The summed E-state index contributed by atoms with van der Waals surface area (Å²) in [5.41, 5.74) is 4.55. The Hall–Kier alpha value is -0.150. The molecule has 5 heavy (non-hydrogen) atoms. The zero-order valence-corrected chi connectivity index (χ0v) is 2.69. The van der Waals surface area contributed by atoms with Gasteiger partial charge in [-0.15, -0.1) is 0 Å². The minimum absolute atomic E-state index is 0.306. The van der Waals surface area contributed by atoms with Gasteiger partial charge in [0.25, 0.3) is 0 Å². The minimum atomic E-state index is -1.84. The van der Waals surface area contributed by atoms with Gasteiger partial charge in [-0.2, -0.15) is 0 Å². The normalized spacial score (nSPS) is 15.0. The molecule has 0 radical (unpaired) electrons. The SMILES string of the molecule is NCC(O)F. The fourth-order valence-electron chi connectivity index (χ4n) is 0. The zero-order valence-electron chi connectivity index (χ0n) is 2.69. The van der Waals surface area contributed by atoms with Crippen molar-refractivity contribution in [2.45, 2.75) is 6.36 Å². The lowest BCUT2D eigenvalue weighted by Crippen LogP contribution is -2.12. The molecule has 0 rings (SSSR count). The lowest BCUT2D eigenvalue weighted by Gasteiger charge is -1.86. The van der Waals surface area contributed by atoms with E-state index in [0.717, 1.165) is 0 Å². The Kier molecular flexibility index (Phi) is 2.05. The average Bonchev–Trinajstić information content (AvgIpc) is 1.38. The highest BCUT2D eigenvalue weighted by Gasteiger charge is 1.87. The molecule has 1 unspecified atom stereocenters. The molecule has 0 aromatic carbocycles. The van der Waals surface area contributed by atoms with Crippen LogP contribution in [0.4, 0.5) is 4.39 Å². The van der Waals surface area contributed by atoms with E-state index in [-0.39, 0.29) is 6.54 Å². The topological polar surface area (TPSA) is 46.2 Å². The van der Waals surface area contributed by atoms with Gasteiger partial charge in [-0.25, -0.2) is 4.39 Å². The Labute approximate surface area is 29.4 Å². The molecule has 2 nitrogen and oxygen atoms in total. The molecule has 1 atom stereocenters. The van der Waals surface area contributed by atoms with Gasteiger partial charge in [0.2, 0.25) is 6.36 Å². The van der Waals surface area contributed by atoms with Crippen molar-refractivity contribution in [2.75, 3.05) is 6.54 Å². The summed E-state index contributed by atoms with van der Waals surface area (Å²) in [6, 6.07) is 0. The van der Waals surface area contributed by atoms with Gasteiger partial charge in [-0.1, -0.05) is 0 Å². The van der Waals surface area contributed by atoms with Crippen LogP contribution in [0, 0.1) is 0 Å². The first-order valence-electron chi connectivity index (χ1n) is 1.29. The van der Waals surface area contributed by atoms with Crippen LogP contribution in [0.3, 0.4) is 0 Å². The second-order valence-corrected chi connectivity index (χ2v) is 0.670. The first-order chi connectivity index (χ1) is 2.27. The van der Waals surface area contributed by atoms with E-state index in [2.05, 4.69) is 5.73 Å². The number of rotatable bonds is 1. The molecule has 0 aromatic rings. The van der Waals surface area contributed by atoms with Crippen LogP contribution in [0.25, 0.3) is 0 Å². The molecule has 0 fully saturated rings. The fourth-order valence-corrected chi connectivity index (χ4v) is 0. The smallest absolute Gasteiger partial charge is 0.208 e. The molecule has 0 saturated carbocycles. The summed E-state index contributed by atoms with van der Waals surface area (Å²) in [6.07, 6.45) is -1.84. The van der Waals surface area contributed by atoms with Gasteiger partial charge in [-0.3, -0.25) is 0 Å². The number of alkyl halides is 1. The Morgan fingerprint density at radius 3 is 2.20 bits per heavy atom. The van der Waals surface area contributed by atoms with E-state index < -0.39 is 6.36 Å². The third kappa shape index (κ3) is 3.85. The van der Waals surface area contributed by atoms with E-state index >= 15 is 0 Å². The molecule has 0 aliphatic rings. The van der Waals surface area contributed by atoms with Crippen LogP contribution in [0.1, 0.15) is 0 Å². The van der Waals surface area contributed by atoms with E-state index in [4.69, 9.17) is 5.11 Å². The van der Waals surface area contributed by atoms with Crippen molar-refractivity contribution < 1.29 is 9.50 Å². The van der Waals surface area contributed by atoms with Crippen molar-refractivity contribution in [1.29, 1.82) is 0 Å². The standard InChI is InChI=1S/C2H6FNO/c3-2(5)1-4/h2,5H,1,4H2. The summed E-state index contributed by atoms with van der Waals surface area (Å²) in [6.45, 7) is -0.306. The highest BCUT2D eigenvalue weighted by molar-refractivity contribution is 4.29. The summed E-state index contributed by atoms with van der Waals surface area (Å²) in [5.74, 6) is 0. The summed E-state index contributed by atoms with van der Waals surface area (Å²) in [5, 5.41) is 7.57. The van der Waals surface area contributed by atoms with Crippen molar-refractivity contribution in [3.05, 3.63) is 0 Å². The third-order valence-electron chi connectivity index (χ3n) is 0.194. The maximum absolute atomic E-state index is 10.9. The fraction of sp³-hybridized carbons (Fsp3) is 1.00. The molecule has 3 heteroatoms. The predicted octanol–water partition coefficient (Wildman–Crippen LogP) is -0.767. The van der Waals surface area contributed by atoms with Gasteiger partial charge >= 0.3 is 0 Å². The highest BCUT2D eigenvalue weighted by atomic mass is 19.1. The average molecular weight is 79.1 g/mol. The zero-order chi connectivity index (χ0) is 4.28. The number of hydrogen-bond acceptors (Lipinski definition) is 2. The van der Waals surface area contributed by atoms with Crippen LogP contribution in [-0.4, -0.2) is 18.0 Å².